The summed E-state index contributed by atoms with van der Waals surface area (Å²) in [5.74, 6) is -0.769. The van der Waals surface area contributed by atoms with E-state index in [4.69, 9.17) is 0 Å². The lowest BCUT2D eigenvalue weighted by Gasteiger charge is -2.11. The Balaban J connectivity index is 2.51. The predicted molar refractivity (Wildman–Crippen MR) is 64.6 cm³/mol. The van der Waals surface area contributed by atoms with Gasteiger partial charge >= 0.3 is 6.18 Å². The SMILES string of the molecule is O=C(c1cncc(Br)c1)c1cnccc1C(F)(F)F. The van der Waals surface area contributed by atoms with Crippen molar-refractivity contribution in [3.05, 3.63) is 58.1 Å². The molecule has 2 aromatic rings. The summed E-state index contributed by atoms with van der Waals surface area (Å²) >= 11 is 3.11. The average Bonchev–Trinajstić information content (AvgIpc) is 2.37. The Morgan fingerprint density at radius 1 is 1.16 bits per heavy atom. The second-order valence-corrected chi connectivity index (χ2v) is 4.56. The summed E-state index contributed by atoms with van der Waals surface area (Å²) in [7, 11) is 0. The van der Waals surface area contributed by atoms with E-state index in [1.165, 1.54) is 18.5 Å². The van der Waals surface area contributed by atoms with Gasteiger partial charge in [-0.05, 0) is 28.1 Å². The van der Waals surface area contributed by atoms with E-state index in [9.17, 15) is 18.0 Å². The number of pyridine rings is 2. The molecule has 0 aromatic carbocycles. The molecule has 0 atom stereocenters. The molecule has 2 heterocycles. The Kier molecular flexibility index (Phi) is 3.66. The van der Waals surface area contributed by atoms with Crippen molar-refractivity contribution in [2.75, 3.05) is 0 Å². The van der Waals surface area contributed by atoms with Crippen LogP contribution in [0.2, 0.25) is 0 Å². The topological polar surface area (TPSA) is 42.9 Å². The summed E-state index contributed by atoms with van der Waals surface area (Å²) in [5.41, 5.74) is -1.43. The van der Waals surface area contributed by atoms with Crippen LogP contribution < -0.4 is 0 Å². The maximum atomic E-state index is 12.8. The van der Waals surface area contributed by atoms with Crippen molar-refractivity contribution in [1.29, 1.82) is 0 Å². The monoisotopic (exact) mass is 330 g/mol. The van der Waals surface area contributed by atoms with Crippen LogP contribution in [0, 0.1) is 0 Å². The van der Waals surface area contributed by atoms with Crippen molar-refractivity contribution in [3.8, 4) is 0 Å². The van der Waals surface area contributed by atoms with E-state index in [0.717, 1.165) is 18.5 Å². The molecular weight excluding hydrogens is 325 g/mol. The number of alkyl halides is 3. The molecule has 0 saturated carbocycles. The Morgan fingerprint density at radius 2 is 1.89 bits per heavy atom. The van der Waals surface area contributed by atoms with Gasteiger partial charge in [0.2, 0.25) is 0 Å². The lowest BCUT2D eigenvalue weighted by molar-refractivity contribution is -0.137. The van der Waals surface area contributed by atoms with Gasteiger partial charge in [0.1, 0.15) is 0 Å². The first-order valence-electron chi connectivity index (χ1n) is 5.06. The van der Waals surface area contributed by atoms with Gasteiger partial charge in [0.25, 0.3) is 0 Å². The number of ketones is 1. The number of hydrogen-bond donors (Lipinski definition) is 0. The van der Waals surface area contributed by atoms with Crippen LogP contribution in [0.3, 0.4) is 0 Å². The molecule has 0 radical (unpaired) electrons. The molecule has 0 aliphatic carbocycles. The molecule has 2 aromatic heterocycles. The van der Waals surface area contributed by atoms with Gasteiger partial charge in [0.05, 0.1) is 11.1 Å². The smallest absolute Gasteiger partial charge is 0.288 e. The highest BCUT2D eigenvalue weighted by molar-refractivity contribution is 9.10. The van der Waals surface area contributed by atoms with Crippen LogP contribution in [0.1, 0.15) is 21.5 Å². The van der Waals surface area contributed by atoms with Gasteiger partial charge in [-0.15, -0.1) is 0 Å². The first-order chi connectivity index (χ1) is 8.89. The number of carbonyl (C=O) groups excluding carboxylic acids is 1. The van der Waals surface area contributed by atoms with Gasteiger partial charge in [0.15, 0.2) is 5.78 Å². The summed E-state index contributed by atoms with van der Waals surface area (Å²) in [6.07, 6.45) is -0.0524. The molecule has 0 saturated heterocycles. The number of rotatable bonds is 2. The predicted octanol–water partition coefficient (Wildman–Crippen LogP) is 3.49. The van der Waals surface area contributed by atoms with Gasteiger partial charge in [0, 0.05) is 34.8 Å². The molecule has 0 amide bonds. The van der Waals surface area contributed by atoms with Gasteiger partial charge in [-0.3, -0.25) is 14.8 Å². The lowest BCUT2D eigenvalue weighted by Crippen LogP contribution is -2.14. The minimum atomic E-state index is -4.60. The average molecular weight is 331 g/mol. The van der Waals surface area contributed by atoms with Gasteiger partial charge < -0.3 is 0 Å². The zero-order valence-electron chi connectivity index (χ0n) is 9.28. The largest absolute Gasteiger partial charge is 0.417 e. The molecule has 0 fully saturated rings. The molecule has 0 aliphatic heterocycles. The highest BCUT2D eigenvalue weighted by atomic mass is 79.9. The fraction of sp³-hybridized carbons (Fsp3) is 0.0833. The number of aromatic nitrogens is 2. The van der Waals surface area contributed by atoms with Crippen molar-refractivity contribution < 1.29 is 18.0 Å². The maximum absolute atomic E-state index is 12.8. The van der Waals surface area contributed by atoms with Crippen LogP contribution in [0.4, 0.5) is 13.2 Å². The van der Waals surface area contributed by atoms with Crippen LogP contribution in [-0.4, -0.2) is 15.8 Å². The van der Waals surface area contributed by atoms with Gasteiger partial charge in [-0.1, -0.05) is 0 Å². The van der Waals surface area contributed by atoms with E-state index in [2.05, 4.69) is 25.9 Å². The third-order valence-corrected chi connectivity index (χ3v) is 2.77. The first kappa shape index (κ1) is 13.7. The van der Waals surface area contributed by atoms with Crippen molar-refractivity contribution in [2.45, 2.75) is 6.18 Å². The highest BCUT2D eigenvalue weighted by Crippen LogP contribution is 2.32. The molecule has 2 rings (SSSR count). The number of halogens is 4. The third-order valence-electron chi connectivity index (χ3n) is 2.34. The molecule has 19 heavy (non-hydrogen) atoms. The molecule has 98 valence electrons. The van der Waals surface area contributed by atoms with Crippen LogP contribution in [-0.2, 0) is 6.18 Å². The molecule has 0 unspecified atom stereocenters. The van der Waals surface area contributed by atoms with E-state index in [1.54, 1.807) is 0 Å². The normalized spacial score (nSPS) is 11.4. The molecule has 0 bridgehead atoms. The fourth-order valence-electron chi connectivity index (χ4n) is 1.51. The molecule has 7 heteroatoms. The summed E-state index contributed by atoms with van der Waals surface area (Å²) in [5, 5.41) is 0. The van der Waals surface area contributed by atoms with Gasteiger partial charge in [-0.25, -0.2) is 0 Å². The van der Waals surface area contributed by atoms with Crippen LogP contribution in [0.5, 0.6) is 0 Å². The van der Waals surface area contributed by atoms with Crippen molar-refractivity contribution in [1.82, 2.24) is 9.97 Å². The van der Waals surface area contributed by atoms with Crippen LogP contribution >= 0.6 is 15.9 Å². The minimum absolute atomic E-state index is 0.0628. The third kappa shape index (κ3) is 2.98. The fourth-order valence-corrected chi connectivity index (χ4v) is 1.88. The second kappa shape index (κ2) is 5.08. The van der Waals surface area contributed by atoms with E-state index in [-0.39, 0.29) is 5.56 Å². The Labute approximate surface area is 114 Å². The quantitative estimate of drug-likeness (QED) is 0.791. The molecular formula is C12H6BrF3N2O. The Bertz CT molecular complexity index is 628. The van der Waals surface area contributed by atoms with Crippen molar-refractivity contribution in [3.63, 3.8) is 0 Å². The van der Waals surface area contributed by atoms with E-state index >= 15 is 0 Å². The zero-order valence-corrected chi connectivity index (χ0v) is 10.9. The molecule has 0 aliphatic rings. The Morgan fingerprint density at radius 3 is 2.53 bits per heavy atom. The summed E-state index contributed by atoms with van der Waals surface area (Å²) in [6, 6.07) is 2.18. The minimum Gasteiger partial charge on any atom is -0.288 e. The number of nitrogens with zero attached hydrogens (tertiary/aromatic N) is 2. The number of hydrogen-bond acceptors (Lipinski definition) is 3. The second-order valence-electron chi connectivity index (χ2n) is 3.64. The van der Waals surface area contributed by atoms with Crippen LogP contribution in [0.15, 0.2) is 41.4 Å². The van der Waals surface area contributed by atoms with E-state index in [0.29, 0.717) is 4.47 Å². The maximum Gasteiger partial charge on any atom is 0.417 e. The summed E-state index contributed by atoms with van der Waals surface area (Å²) in [6.45, 7) is 0. The molecule has 0 spiro atoms. The zero-order chi connectivity index (χ0) is 14.0. The van der Waals surface area contributed by atoms with Gasteiger partial charge in [-0.2, -0.15) is 13.2 Å². The lowest BCUT2D eigenvalue weighted by atomic mass is 10.0. The highest BCUT2D eigenvalue weighted by Gasteiger charge is 2.35. The summed E-state index contributed by atoms with van der Waals surface area (Å²) in [4.78, 5) is 19.4. The van der Waals surface area contributed by atoms with Crippen molar-refractivity contribution >= 4 is 21.7 Å². The first-order valence-corrected chi connectivity index (χ1v) is 5.85. The van der Waals surface area contributed by atoms with E-state index < -0.39 is 23.1 Å². The Hall–Kier alpha value is -1.76. The summed E-state index contributed by atoms with van der Waals surface area (Å²) < 4.78 is 38.9. The molecule has 3 nitrogen and oxygen atoms in total. The van der Waals surface area contributed by atoms with Crippen molar-refractivity contribution in [2.24, 2.45) is 0 Å². The van der Waals surface area contributed by atoms with Crippen LogP contribution in [0.25, 0.3) is 0 Å². The van der Waals surface area contributed by atoms with E-state index in [1.807, 2.05) is 0 Å². The standard InChI is InChI=1S/C12H6BrF3N2O/c13-8-3-7(4-18-5-8)11(19)9-6-17-2-1-10(9)12(14,15)16/h1-6H. The molecule has 0 N–H and O–H groups in total. The number of carbonyl (C=O) groups is 1.